The highest BCUT2D eigenvalue weighted by atomic mass is 35.5. The van der Waals surface area contributed by atoms with Crippen molar-refractivity contribution < 1.29 is 14.3 Å². The quantitative estimate of drug-likeness (QED) is 0.232. The third-order valence-corrected chi connectivity index (χ3v) is 7.76. The molecule has 1 saturated heterocycles. The van der Waals surface area contributed by atoms with Crippen LogP contribution >= 0.6 is 11.6 Å². The number of aromatic nitrogens is 5. The van der Waals surface area contributed by atoms with Crippen molar-refractivity contribution in [2.45, 2.75) is 52.7 Å². The largest absolute Gasteiger partial charge is 0.497 e. The topological polar surface area (TPSA) is 130 Å². The van der Waals surface area contributed by atoms with E-state index in [1.54, 1.807) is 19.5 Å². The van der Waals surface area contributed by atoms with Crippen LogP contribution in [0.4, 0.5) is 16.4 Å². The molecule has 0 atom stereocenters. The number of anilines is 2. The van der Waals surface area contributed by atoms with Crippen LogP contribution in [0.2, 0.25) is 5.02 Å². The molecule has 222 valence electrons. The van der Waals surface area contributed by atoms with Gasteiger partial charge in [-0.05, 0) is 62.8 Å². The van der Waals surface area contributed by atoms with Crippen molar-refractivity contribution in [2.75, 3.05) is 37.0 Å². The van der Waals surface area contributed by atoms with Crippen LogP contribution in [0.1, 0.15) is 46.1 Å². The number of hydrogen-bond donors (Lipinski definition) is 3. The van der Waals surface area contributed by atoms with E-state index in [1.165, 1.54) is 0 Å². The monoisotopic (exact) mass is 592 g/mol. The predicted molar refractivity (Wildman–Crippen MR) is 164 cm³/mol. The van der Waals surface area contributed by atoms with Crippen molar-refractivity contribution in [1.29, 1.82) is 0 Å². The SMILES string of the molecule is COc1ccc(CNc2nccc(-c3[nH]nc4nc(N5CCC(C)(CNC(=O)OC(C)(C)C)CC5)cnc34)c2Cl)cc1. The lowest BCUT2D eigenvalue weighted by molar-refractivity contribution is 0.0495. The highest BCUT2D eigenvalue weighted by Gasteiger charge is 2.32. The van der Waals surface area contributed by atoms with Crippen molar-refractivity contribution in [3.8, 4) is 17.0 Å². The fourth-order valence-corrected chi connectivity index (χ4v) is 5.14. The van der Waals surface area contributed by atoms with Gasteiger partial charge in [0, 0.05) is 37.9 Å². The summed E-state index contributed by atoms with van der Waals surface area (Å²) in [5.74, 6) is 2.14. The number of H-pyrrole nitrogens is 1. The molecular formula is C30H37ClN8O3. The summed E-state index contributed by atoms with van der Waals surface area (Å²) in [6.45, 7) is 10.5. The number of carbonyl (C=O) groups is 1. The maximum Gasteiger partial charge on any atom is 0.407 e. The molecular weight excluding hydrogens is 556 g/mol. The fourth-order valence-electron chi connectivity index (χ4n) is 4.87. The number of nitrogens with zero attached hydrogens (tertiary/aromatic N) is 5. The van der Waals surface area contributed by atoms with E-state index < -0.39 is 5.60 Å². The third-order valence-electron chi connectivity index (χ3n) is 7.38. The maximum absolute atomic E-state index is 12.1. The van der Waals surface area contributed by atoms with Crippen LogP contribution in [0.3, 0.4) is 0 Å². The third kappa shape index (κ3) is 6.84. The van der Waals surface area contributed by atoms with Crippen LogP contribution in [0, 0.1) is 5.41 Å². The zero-order valence-electron chi connectivity index (χ0n) is 24.6. The smallest absolute Gasteiger partial charge is 0.407 e. The second-order valence-electron chi connectivity index (χ2n) is 11.9. The highest BCUT2D eigenvalue weighted by molar-refractivity contribution is 6.35. The van der Waals surface area contributed by atoms with Crippen LogP contribution in [0.5, 0.6) is 5.75 Å². The van der Waals surface area contributed by atoms with Gasteiger partial charge in [0.2, 0.25) is 5.65 Å². The molecule has 11 nitrogen and oxygen atoms in total. The molecule has 0 spiro atoms. The second-order valence-corrected chi connectivity index (χ2v) is 12.3. The van der Waals surface area contributed by atoms with Gasteiger partial charge in [-0.2, -0.15) is 5.10 Å². The number of rotatable bonds is 8. The van der Waals surface area contributed by atoms with Gasteiger partial charge in [-0.15, -0.1) is 0 Å². The first-order valence-electron chi connectivity index (χ1n) is 14.0. The number of hydrogen-bond acceptors (Lipinski definition) is 9. The van der Waals surface area contributed by atoms with Gasteiger partial charge in [0.15, 0.2) is 0 Å². The number of ether oxygens (including phenoxy) is 2. The van der Waals surface area contributed by atoms with E-state index >= 15 is 0 Å². The number of nitrogens with one attached hydrogen (secondary N) is 3. The van der Waals surface area contributed by atoms with E-state index in [9.17, 15) is 4.79 Å². The standard InChI is InChI=1S/C30H37ClN8O3/c1-29(2,3)42-28(40)35-18-30(4)11-14-39(15-12-30)22-17-33-25-24(37-38-27(25)36-22)21-10-13-32-26(23(21)31)34-16-19-6-8-20(41-5)9-7-19/h6-10,13,17H,11-12,14-16,18H2,1-5H3,(H,32,34)(H,35,40)(H,36,37,38). The minimum atomic E-state index is -0.516. The molecule has 4 heterocycles. The maximum atomic E-state index is 12.1. The van der Waals surface area contributed by atoms with Crippen LogP contribution in [-0.2, 0) is 11.3 Å². The van der Waals surface area contributed by atoms with E-state index in [2.05, 4.69) is 37.6 Å². The lowest BCUT2D eigenvalue weighted by atomic mass is 9.80. The van der Waals surface area contributed by atoms with E-state index in [1.807, 2.05) is 51.1 Å². The summed E-state index contributed by atoms with van der Waals surface area (Å²) < 4.78 is 10.6. The molecule has 0 bridgehead atoms. The van der Waals surface area contributed by atoms with Crippen molar-refractivity contribution >= 4 is 40.5 Å². The van der Waals surface area contributed by atoms with Crippen LogP contribution in [-0.4, -0.2) is 63.6 Å². The van der Waals surface area contributed by atoms with Crippen molar-refractivity contribution in [2.24, 2.45) is 5.41 Å². The Balaban J connectivity index is 1.24. The highest BCUT2D eigenvalue weighted by Crippen LogP contribution is 2.36. The summed E-state index contributed by atoms with van der Waals surface area (Å²) in [6.07, 6.45) is 4.89. The van der Waals surface area contributed by atoms with Gasteiger partial charge in [-0.3, -0.25) is 5.10 Å². The number of fused-ring (bicyclic) bond motifs is 1. The Kier molecular flexibility index (Phi) is 8.40. The minimum Gasteiger partial charge on any atom is -0.497 e. The molecule has 0 unspecified atom stereocenters. The van der Waals surface area contributed by atoms with E-state index in [0.717, 1.165) is 48.6 Å². The number of halogens is 1. The predicted octanol–water partition coefficient (Wildman–Crippen LogP) is 5.82. The van der Waals surface area contributed by atoms with E-state index in [0.29, 0.717) is 40.8 Å². The van der Waals surface area contributed by atoms with Crippen LogP contribution in [0.15, 0.2) is 42.7 Å². The molecule has 3 N–H and O–H groups in total. The van der Waals surface area contributed by atoms with Crippen LogP contribution in [0.25, 0.3) is 22.4 Å². The number of amides is 1. The van der Waals surface area contributed by atoms with E-state index in [4.69, 9.17) is 31.0 Å². The Morgan fingerprint density at radius 1 is 1.14 bits per heavy atom. The molecule has 1 aromatic carbocycles. The van der Waals surface area contributed by atoms with Gasteiger partial charge in [0.05, 0.1) is 24.0 Å². The molecule has 12 heteroatoms. The van der Waals surface area contributed by atoms with Gasteiger partial charge in [-0.25, -0.2) is 19.7 Å². The average Bonchev–Trinajstić information content (AvgIpc) is 3.38. The molecule has 3 aromatic heterocycles. The van der Waals surface area contributed by atoms with Crippen molar-refractivity contribution in [1.82, 2.24) is 30.5 Å². The Bertz CT molecular complexity index is 1540. The van der Waals surface area contributed by atoms with Gasteiger partial charge in [-0.1, -0.05) is 30.7 Å². The zero-order valence-corrected chi connectivity index (χ0v) is 25.4. The van der Waals surface area contributed by atoms with Gasteiger partial charge < -0.3 is 25.0 Å². The summed E-state index contributed by atoms with van der Waals surface area (Å²) in [5.41, 5.74) is 3.10. The molecule has 42 heavy (non-hydrogen) atoms. The van der Waals surface area contributed by atoms with Gasteiger partial charge in [0.1, 0.15) is 28.5 Å². The molecule has 5 rings (SSSR count). The Morgan fingerprint density at radius 2 is 1.88 bits per heavy atom. The molecule has 1 aliphatic heterocycles. The van der Waals surface area contributed by atoms with Gasteiger partial charge in [0.25, 0.3) is 0 Å². The first-order chi connectivity index (χ1) is 20.0. The summed E-state index contributed by atoms with van der Waals surface area (Å²) in [7, 11) is 1.64. The Labute approximate surface area is 250 Å². The number of pyridine rings is 1. The van der Waals surface area contributed by atoms with Crippen molar-refractivity contribution in [3.05, 3.63) is 53.3 Å². The zero-order chi connectivity index (χ0) is 29.9. The molecule has 1 fully saturated rings. The van der Waals surface area contributed by atoms with Crippen LogP contribution < -0.4 is 20.3 Å². The molecule has 0 aliphatic carbocycles. The number of methoxy groups -OCH3 is 1. The summed E-state index contributed by atoms with van der Waals surface area (Å²) in [6, 6.07) is 9.64. The Morgan fingerprint density at radius 3 is 2.57 bits per heavy atom. The first-order valence-corrected chi connectivity index (χ1v) is 14.4. The number of alkyl carbamates (subject to hydrolysis) is 1. The Hall–Kier alpha value is -4.12. The molecule has 1 amide bonds. The lowest BCUT2D eigenvalue weighted by Gasteiger charge is -2.39. The minimum absolute atomic E-state index is 0.0261. The molecule has 0 radical (unpaired) electrons. The fraction of sp³-hybridized carbons (Fsp3) is 0.433. The van der Waals surface area contributed by atoms with Gasteiger partial charge >= 0.3 is 6.09 Å². The number of aromatic amines is 1. The average molecular weight is 593 g/mol. The summed E-state index contributed by atoms with van der Waals surface area (Å²) in [5, 5.41) is 14.2. The van der Waals surface area contributed by atoms with E-state index in [-0.39, 0.29) is 11.5 Å². The number of piperidine rings is 1. The number of benzene rings is 1. The second kappa shape index (κ2) is 12.0. The summed E-state index contributed by atoms with van der Waals surface area (Å²) >= 11 is 6.79. The molecule has 4 aromatic rings. The first kappa shape index (κ1) is 29.4. The molecule has 1 aliphatic rings. The number of carbonyl (C=O) groups excluding carboxylic acids is 1. The summed E-state index contributed by atoms with van der Waals surface area (Å²) in [4.78, 5) is 28.3. The normalized spacial score (nSPS) is 15.0. The van der Waals surface area contributed by atoms with Crippen molar-refractivity contribution in [3.63, 3.8) is 0 Å². The molecule has 0 saturated carbocycles. The lowest BCUT2D eigenvalue weighted by Crippen LogP contribution is -2.46.